The molecule has 5 rings (SSSR count). The van der Waals surface area contributed by atoms with Crippen LogP contribution in [0.1, 0.15) is 41.2 Å². The van der Waals surface area contributed by atoms with Gasteiger partial charge in [0.25, 0.3) is 0 Å². The van der Waals surface area contributed by atoms with E-state index < -0.39 is 0 Å². The molecule has 1 atom stereocenters. The van der Waals surface area contributed by atoms with E-state index in [0.717, 1.165) is 43.9 Å². The van der Waals surface area contributed by atoms with Crippen molar-refractivity contribution >= 4 is 71.4 Å². The number of rotatable bonds is 2. The number of aromatic amines is 1. The van der Waals surface area contributed by atoms with Gasteiger partial charge in [-0.15, -0.1) is 0 Å². The summed E-state index contributed by atoms with van der Waals surface area (Å²) in [5, 5.41) is 2.20. The van der Waals surface area contributed by atoms with Crippen LogP contribution in [-0.2, 0) is 16.1 Å². The van der Waals surface area contributed by atoms with Gasteiger partial charge in [0, 0.05) is 50.1 Å². The molecule has 0 amide bonds. The lowest BCUT2D eigenvalue weighted by molar-refractivity contribution is -0.191. The second-order valence-corrected chi connectivity index (χ2v) is 9.20. The Hall–Kier alpha value is -2.80. The van der Waals surface area contributed by atoms with Gasteiger partial charge in [0.15, 0.2) is 11.6 Å². The summed E-state index contributed by atoms with van der Waals surface area (Å²) in [4.78, 5) is 42.4. The largest absolute Gasteiger partial charge is 0.373 e. The summed E-state index contributed by atoms with van der Waals surface area (Å²) in [5.41, 5.74) is 3.70. The molecule has 32 heavy (non-hydrogen) atoms. The van der Waals surface area contributed by atoms with E-state index in [1.807, 2.05) is 36.4 Å². The van der Waals surface area contributed by atoms with Crippen LogP contribution < -0.4 is 0 Å². The molecule has 0 saturated carbocycles. The van der Waals surface area contributed by atoms with Crippen molar-refractivity contribution in [3.63, 3.8) is 0 Å². The average Bonchev–Trinajstić information content (AvgIpc) is 3.41. The maximum atomic E-state index is 12.0. The number of hydrogen-bond donors (Lipinski definition) is 1. The van der Waals surface area contributed by atoms with Crippen molar-refractivity contribution < 1.29 is 19.2 Å². The van der Waals surface area contributed by atoms with E-state index in [1.54, 1.807) is 6.92 Å². The molecule has 4 aromatic rings. The minimum atomic E-state index is 0.0623. The van der Waals surface area contributed by atoms with Crippen molar-refractivity contribution in [1.29, 1.82) is 0 Å². The Balaban J connectivity index is 0.000000164. The molecule has 2 aromatic carbocycles. The standard InChI is InChI=1S/C13H12BrNO.C10H8BrNO.CO2/c1-2-8-7-15-11-4-3-10(14)5-9(11)6-12(15)13(8)16;1-6(13)10-5-7-4-8(11)2-3-9(7)12-10;2-1-3/h3-6,8H,2,7H2,1H3;2-5,12H,1H3;. The van der Waals surface area contributed by atoms with E-state index in [2.05, 4.69) is 60.5 Å². The summed E-state index contributed by atoms with van der Waals surface area (Å²) in [6.07, 6.45) is 1.18. The smallest absolute Gasteiger partial charge is 0.352 e. The lowest BCUT2D eigenvalue weighted by Crippen LogP contribution is -2.07. The van der Waals surface area contributed by atoms with E-state index in [-0.39, 0.29) is 17.9 Å². The zero-order valence-corrected chi connectivity index (χ0v) is 20.6. The highest BCUT2D eigenvalue weighted by Crippen LogP contribution is 2.31. The number of fused-ring (bicyclic) bond motifs is 4. The van der Waals surface area contributed by atoms with E-state index in [0.29, 0.717) is 11.5 Å². The fourth-order valence-corrected chi connectivity index (χ4v) is 4.52. The number of ketones is 2. The first kappa shape index (κ1) is 23.9. The minimum absolute atomic E-state index is 0.0623. The number of carbonyl (C=O) groups excluding carboxylic acids is 4. The average molecular weight is 560 g/mol. The molecular weight excluding hydrogens is 540 g/mol. The molecule has 1 aliphatic rings. The van der Waals surface area contributed by atoms with Gasteiger partial charge < -0.3 is 9.55 Å². The van der Waals surface area contributed by atoms with E-state index >= 15 is 0 Å². The number of H-pyrrole nitrogens is 1. The number of carbonyl (C=O) groups is 2. The second kappa shape index (κ2) is 10.2. The van der Waals surface area contributed by atoms with Gasteiger partial charge in [0.05, 0.1) is 11.4 Å². The van der Waals surface area contributed by atoms with Crippen LogP contribution in [0.25, 0.3) is 21.8 Å². The van der Waals surface area contributed by atoms with Gasteiger partial charge in [-0.3, -0.25) is 9.59 Å². The summed E-state index contributed by atoms with van der Waals surface area (Å²) in [6, 6.07) is 15.9. The Labute approximate surface area is 201 Å². The van der Waals surface area contributed by atoms with Gasteiger partial charge in [-0.1, -0.05) is 38.8 Å². The Morgan fingerprint density at radius 3 is 2.31 bits per heavy atom. The van der Waals surface area contributed by atoms with Crippen LogP contribution in [0.2, 0.25) is 0 Å². The molecule has 0 saturated heterocycles. The van der Waals surface area contributed by atoms with Crippen molar-refractivity contribution in [3.05, 3.63) is 68.9 Å². The Kier molecular flexibility index (Phi) is 7.61. The minimum Gasteiger partial charge on any atom is -0.352 e. The van der Waals surface area contributed by atoms with Crippen LogP contribution in [0.4, 0.5) is 0 Å². The maximum Gasteiger partial charge on any atom is 0.373 e. The van der Waals surface area contributed by atoms with Crippen LogP contribution >= 0.6 is 31.9 Å². The van der Waals surface area contributed by atoms with E-state index in [4.69, 9.17) is 9.59 Å². The molecule has 2 aromatic heterocycles. The summed E-state index contributed by atoms with van der Waals surface area (Å²) in [7, 11) is 0. The van der Waals surface area contributed by atoms with Gasteiger partial charge >= 0.3 is 6.15 Å². The summed E-state index contributed by atoms with van der Waals surface area (Å²) < 4.78 is 4.23. The number of benzene rings is 2. The second-order valence-electron chi connectivity index (χ2n) is 7.37. The molecule has 0 radical (unpaired) electrons. The first-order chi connectivity index (χ1) is 15.3. The molecule has 1 N–H and O–H groups in total. The molecule has 164 valence electrons. The Morgan fingerprint density at radius 1 is 1.06 bits per heavy atom. The summed E-state index contributed by atoms with van der Waals surface area (Å²) >= 11 is 6.83. The van der Waals surface area contributed by atoms with Crippen molar-refractivity contribution in [2.75, 3.05) is 0 Å². The van der Waals surface area contributed by atoms with Crippen molar-refractivity contribution in [2.24, 2.45) is 5.92 Å². The number of Topliss-reactive ketones (excluding diaryl/α,β-unsaturated/α-hetero) is 2. The molecule has 1 aliphatic heterocycles. The van der Waals surface area contributed by atoms with Crippen LogP contribution in [0.3, 0.4) is 0 Å². The highest BCUT2D eigenvalue weighted by Gasteiger charge is 2.30. The normalized spacial score (nSPS) is 14.2. The Morgan fingerprint density at radius 2 is 1.69 bits per heavy atom. The van der Waals surface area contributed by atoms with Crippen LogP contribution in [0.15, 0.2) is 57.5 Å². The maximum absolute atomic E-state index is 12.0. The third-order valence-electron chi connectivity index (χ3n) is 5.34. The Bertz CT molecular complexity index is 1350. The van der Waals surface area contributed by atoms with Gasteiger partial charge in [-0.25, -0.2) is 0 Å². The number of aromatic nitrogens is 2. The van der Waals surface area contributed by atoms with Gasteiger partial charge in [0.2, 0.25) is 0 Å². The molecular formula is C24H20Br2N2O4. The molecule has 3 heterocycles. The zero-order chi connectivity index (χ0) is 23.4. The molecule has 0 bridgehead atoms. The first-order valence-electron chi connectivity index (χ1n) is 9.90. The quantitative estimate of drug-likeness (QED) is 0.297. The van der Waals surface area contributed by atoms with Crippen molar-refractivity contribution in [1.82, 2.24) is 9.55 Å². The van der Waals surface area contributed by atoms with E-state index in [9.17, 15) is 9.59 Å². The topological polar surface area (TPSA) is 89.0 Å². The molecule has 0 aliphatic carbocycles. The van der Waals surface area contributed by atoms with E-state index in [1.165, 1.54) is 5.52 Å². The predicted octanol–water partition coefficient (Wildman–Crippen LogP) is 6.18. The van der Waals surface area contributed by atoms with Gasteiger partial charge in [-0.2, -0.15) is 9.59 Å². The lowest BCUT2D eigenvalue weighted by Gasteiger charge is -2.04. The van der Waals surface area contributed by atoms with Crippen molar-refractivity contribution in [3.8, 4) is 0 Å². The van der Waals surface area contributed by atoms with Crippen LogP contribution in [0.5, 0.6) is 0 Å². The van der Waals surface area contributed by atoms with Crippen LogP contribution in [-0.4, -0.2) is 27.3 Å². The molecule has 1 unspecified atom stereocenters. The zero-order valence-electron chi connectivity index (χ0n) is 17.4. The fraction of sp³-hybridized carbons (Fsp3) is 0.208. The SMILES string of the molecule is CC(=O)c1cc2cc(Br)ccc2[nH]1.CCC1Cn2c(cc3cc(Br)ccc32)C1=O.O=C=O. The highest BCUT2D eigenvalue weighted by molar-refractivity contribution is 9.10. The fourth-order valence-electron chi connectivity index (χ4n) is 3.76. The third-order valence-corrected chi connectivity index (χ3v) is 6.33. The summed E-state index contributed by atoms with van der Waals surface area (Å²) in [6.45, 7) is 4.48. The molecule has 8 heteroatoms. The number of halogens is 2. The summed E-state index contributed by atoms with van der Waals surface area (Å²) in [5.74, 6) is 0.546. The molecule has 0 spiro atoms. The number of nitrogens with one attached hydrogen (secondary N) is 1. The first-order valence-corrected chi connectivity index (χ1v) is 11.5. The monoisotopic (exact) mass is 558 g/mol. The third kappa shape index (κ3) is 4.99. The van der Waals surface area contributed by atoms with Gasteiger partial charge in [-0.05, 0) is 55.0 Å². The number of hydrogen-bond acceptors (Lipinski definition) is 4. The highest BCUT2D eigenvalue weighted by atomic mass is 79.9. The predicted molar refractivity (Wildman–Crippen MR) is 129 cm³/mol. The van der Waals surface area contributed by atoms with Crippen molar-refractivity contribution in [2.45, 2.75) is 26.8 Å². The molecule has 6 nitrogen and oxygen atoms in total. The molecule has 0 fully saturated rings. The van der Waals surface area contributed by atoms with Gasteiger partial charge in [0.1, 0.15) is 0 Å². The lowest BCUT2D eigenvalue weighted by atomic mass is 10.0. The number of nitrogens with zero attached hydrogens (tertiary/aromatic N) is 1. The van der Waals surface area contributed by atoms with Crippen LogP contribution in [0, 0.1) is 5.92 Å².